The third-order valence-electron chi connectivity index (χ3n) is 10.1. The van der Waals surface area contributed by atoms with E-state index in [0.29, 0.717) is 27.0 Å². The Labute approximate surface area is 314 Å². The fraction of sp³-hybridized carbons (Fsp3) is 0.167. The number of anilines is 2. The number of imide groups is 2. The lowest BCUT2D eigenvalue weighted by atomic mass is 9.76. The van der Waals surface area contributed by atoms with Crippen LogP contribution in [0, 0.1) is 10.1 Å². The molecule has 8 rings (SSSR count). The van der Waals surface area contributed by atoms with E-state index >= 15 is 0 Å². The molecule has 0 radical (unpaired) electrons. The SMILES string of the molecule is O=C1NC(=O)N(c2cc3c4c(c2)[C@H](c2ccccc2)CCN4CC[C@H]3c2ccccc2)C(=O)/C1=C/c1ccc(OCc2cccc([N+](=O)[O-])c2)c(Br)c1. The maximum atomic E-state index is 14.3. The topological polar surface area (TPSA) is 122 Å². The van der Waals surface area contributed by atoms with Crippen molar-refractivity contribution >= 4 is 56.9 Å². The number of rotatable bonds is 8. The molecule has 4 amide bonds. The van der Waals surface area contributed by atoms with Crippen LogP contribution in [0.3, 0.4) is 0 Å². The molecule has 0 saturated carbocycles. The third kappa shape index (κ3) is 6.60. The van der Waals surface area contributed by atoms with Gasteiger partial charge >= 0.3 is 6.03 Å². The first-order valence-electron chi connectivity index (χ1n) is 17.3. The Morgan fingerprint density at radius 3 is 2.06 bits per heavy atom. The van der Waals surface area contributed by atoms with E-state index < -0.39 is 22.8 Å². The Bertz CT molecular complexity index is 2240. The summed E-state index contributed by atoms with van der Waals surface area (Å²) in [4.78, 5) is 55.3. The number of non-ortho nitro benzene ring substituents is 1. The number of nitro benzene ring substituents is 1. The minimum absolute atomic E-state index is 0.0288. The summed E-state index contributed by atoms with van der Waals surface area (Å²) < 4.78 is 6.45. The normalized spacial score (nSPS) is 18.8. The zero-order valence-corrected chi connectivity index (χ0v) is 30.0. The number of hydrogen-bond donors (Lipinski definition) is 1. The lowest BCUT2D eigenvalue weighted by molar-refractivity contribution is -0.384. The molecule has 11 heteroatoms. The Hall–Kier alpha value is -6.07. The highest BCUT2D eigenvalue weighted by atomic mass is 79.9. The van der Waals surface area contributed by atoms with Gasteiger partial charge in [-0.15, -0.1) is 0 Å². The standard InChI is InChI=1S/C42H33BrN4O6/c43-37-22-26(14-15-38(37)53-25-27-8-7-13-30(20-27)47(51)52)21-36-40(48)44-42(50)46(41(36)49)31-23-34-32(28-9-3-1-4-10-28)16-18-45-19-17-33(35(24-31)39(34)45)29-11-5-2-6-12-29/h1-15,20-24,32-33H,16-19,25H2,(H,44,48,50)/b36-21+/t32-,33-/m0/s1. The van der Waals surface area contributed by atoms with Gasteiger partial charge in [-0.05, 0) is 92.5 Å². The van der Waals surface area contributed by atoms with Gasteiger partial charge in [0.25, 0.3) is 17.5 Å². The summed E-state index contributed by atoms with van der Waals surface area (Å²) in [5, 5.41) is 13.6. The summed E-state index contributed by atoms with van der Waals surface area (Å²) in [6, 6.07) is 35.0. The van der Waals surface area contributed by atoms with Crippen LogP contribution in [0.5, 0.6) is 5.75 Å². The highest BCUT2D eigenvalue weighted by Gasteiger charge is 2.40. The number of barbiturate groups is 1. The lowest BCUT2D eigenvalue weighted by Gasteiger charge is -2.44. The predicted octanol–water partition coefficient (Wildman–Crippen LogP) is 8.48. The Kier molecular flexibility index (Phi) is 9.09. The second-order valence-electron chi connectivity index (χ2n) is 13.3. The summed E-state index contributed by atoms with van der Waals surface area (Å²) >= 11 is 3.51. The molecule has 0 bridgehead atoms. The zero-order valence-electron chi connectivity index (χ0n) is 28.4. The van der Waals surface area contributed by atoms with Crippen molar-refractivity contribution in [2.24, 2.45) is 0 Å². The summed E-state index contributed by atoms with van der Waals surface area (Å²) in [5.41, 5.74) is 6.96. The molecule has 3 aliphatic rings. The van der Waals surface area contributed by atoms with E-state index in [2.05, 4.69) is 50.4 Å². The number of carbonyl (C=O) groups excluding carboxylic acids is 3. The van der Waals surface area contributed by atoms with Gasteiger partial charge in [-0.3, -0.25) is 25.0 Å². The van der Waals surface area contributed by atoms with E-state index in [4.69, 9.17) is 4.74 Å². The predicted molar refractivity (Wildman–Crippen MR) is 205 cm³/mol. The van der Waals surface area contributed by atoms with Crippen molar-refractivity contribution in [1.82, 2.24) is 5.32 Å². The lowest BCUT2D eigenvalue weighted by Crippen LogP contribution is -2.54. The van der Waals surface area contributed by atoms with E-state index in [-0.39, 0.29) is 29.7 Å². The molecule has 264 valence electrons. The van der Waals surface area contributed by atoms with Gasteiger partial charge in [0, 0.05) is 42.7 Å². The molecule has 0 spiro atoms. The van der Waals surface area contributed by atoms with E-state index in [1.807, 2.05) is 48.5 Å². The van der Waals surface area contributed by atoms with Gasteiger partial charge in [-0.25, -0.2) is 9.69 Å². The van der Waals surface area contributed by atoms with Crippen LogP contribution in [0.15, 0.2) is 125 Å². The Morgan fingerprint density at radius 1 is 0.811 bits per heavy atom. The van der Waals surface area contributed by atoms with Crippen LogP contribution in [0.4, 0.5) is 21.9 Å². The number of carbonyl (C=O) groups is 3. The molecule has 1 N–H and O–H groups in total. The molecule has 2 atom stereocenters. The second-order valence-corrected chi connectivity index (χ2v) is 14.2. The number of hydrogen-bond acceptors (Lipinski definition) is 7. The molecule has 3 aliphatic heterocycles. The minimum Gasteiger partial charge on any atom is -0.488 e. The van der Waals surface area contributed by atoms with Crippen molar-refractivity contribution in [3.63, 3.8) is 0 Å². The van der Waals surface area contributed by atoms with Gasteiger partial charge in [0.15, 0.2) is 0 Å². The number of ether oxygens (including phenoxy) is 1. The van der Waals surface area contributed by atoms with Gasteiger partial charge in [0.1, 0.15) is 17.9 Å². The van der Waals surface area contributed by atoms with Crippen molar-refractivity contribution in [1.29, 1.82) is 0 Å². The van der Waals surface area contributed by atoms with Gasteiger partial charge in [-0.1, -0.05) is 78.9 Å². The van der Waals surface area contributed by atoms with E-state index in [1.54, 1.807) is 30.3 Å². The zero-order chi connectivity index (χ0) is 36.6. The maximum absolute atomic E-state index is 14.3. The molecular formula is C42H33BrN4O6. The molecule has 1 saturated heterocycles. The van der Waals surface area contributed by atoms with Crippen molar-refractivity contribution < 1.29 is 24.0 Å². The van der Waals surface area contributed by atoms with Crippen LogP contribution in [-0.2, 0) is 16.2 Å². The van der Waals surface area contributed by atoms with Crippen molar-refractivity contribution in [2.75, 3.05) is 22.9 Å². The van der Waals surface area contributed by atoms with Gasteiger partial charge in [-0.2, -0.15) is 0 Å². The summed E-state index contributed by atoms with van der Waals surface area (Å²) in [6.07, 6.45) is 3.23. The molecule has 0 aromatic heterocycles. The maximum Gasteiger partial charge on any atom is 0.335 e. The average Bonchev–Trinajstić information content (AvgIpc) is 3.17. The van der Waals surface area contributed by atoms with E-state index in [1.165, 1.54) is 29.3 Å². The van der Waals surface area contributed by atoms with Crippen LogP contribution in [0.25, 0.3) is 6.08 Å². The van der Waals surface area contributed by atoms with Gasteiger partial charge < -0.3 is 9.64 Å². The molecular weight excluding hydrogens is 736 g/mol. The van der Waals surface area contributed by atoms with E-state index in [0.717, 1.165) is 47.6 Å². The smallest absolute Gasteiger partial charge is 0.335 e. The molecule has 53 heavy (non-hydrogen) atoms. The number of benzene rings is 5. The van der Waals surface area contributed by atoms with Crippen molar-refractivity contribution in [3.05, 3.63) is 169 Å². The number of nitro groups is 1. The molecule has 10 nitrogen and oxygen atoms in total. The average molecular weight is 770 g/mol. The van der Waals surface area contributed by atoms with Gasteiger partial charge in [0.2, 0.25) is 0 Å². The molecule has 5 aromatic rings. The van der Waals surface area contributed by atoms with Crippen molar-refractivity contribution in [2.45, 2.75) is 31.3 Å². The number of nitrogens with one attached hydrogen (secondary N) is 1. The monoisotopic (exact) mass is 768 g/mol. The molecule has 5 aromatic carbocycles. The summed E-state index contributed by atoms with van der Waals surface area (Å²) in [6.45, 7) is 1.90. The van der Waals surface area contributed by atoms with E-state index in [9.17, 15) is 24.5 Å². The first-order valence-corrected chi connectivity index (χ1v) is 18.1. The highest BCUT2D eigenvalue weighted by molar-refractivity contribution is 9.10. The highest BCUT2D eigenvalue weighted by Crippen LogP contribution is 2.50. The number of amides is 4. The quantitative estimate of drug-likeness (QED) is 0.0727. The number of halogens is 1. The largest absolute Gasteiger partial charge is 0.488 e. The second kappa shape index (κ2) is 14.2. The Balaban J connectivity index is 1.14. The summed E-state index contributed by atoms with van der Waals surface area (Å²) in [7, 11) is 0. The number of nitrogens with zero attached hydrogens (tertiary/aromatic N) is 3. The third-order valence-corrected chi connectivity index (χ3v) is 10.8. The Morgan fingerprint density at radius 2 is 1.45 bits per heavy atom. The van der Waals surface area contributed by atoms with Crippen LogP contribution < -0.4 is 19.9 Å². The number of urea groups is 1. The summed E-state index contributed by atoms with van der Waals surface area (Å²) in [5.74, 6) is -0.916. The fourth-order valence-corrected chi connectivity index (χ4v) is 8.18. The molecule has 0 aliphatic carbocycles. The molecule has 1 fully saturated rings. The first-order chi connectivity index (χ1) is 25.7. The van der Waals surface area contributed by atoms with Crippen LogP contribution >= 0.6 is 15.9 Å². The molecule has 3 heterocycles. The van der Waals surface area contributed by atoms with Gasteiger partial charge in [0.05, 0.1) is 15.1 Å². The van der Waals surface area contributed by atoms with Crippen molar-refractivity contribution in [3.8, 4) is 5.75 Å². The van der Waals surface area contributed by atoms with Crippen LogP contribution in [-0.4, -0.2) is 35.9 Å². The first kappa shape index (κ1) is 34.0. The van der Waals surface area contributed by atoms with Crippen LogP contribution in [0.1, 0.15) is 58.1 Å². The van der Waals surface area contributed by atoms with Crippen LogP contribution in [0.2, 0.25) is 0 Å². The fourth-order valence-electron chi connectivity index (χ4n) is 7.67. The minimum atomic E-state index is -0.800. The molecule has 0 unspecified atom stereocenters.